The van der Waals surface area contributed by atoms with Gasteiger partial charge in [-0.1, -0.05) is 12.1 Å². The first kappa shape index (κ1) is 12.1. The second-order valence-electron chi connectivity index (χ2n) is 3.56. The van der Waals surface area contributed by atoms with E-state index < -0.39 is 17.9 Å². The summed E-state index contributed by atoms with van der Waals surface area (Å²) in [4.78, 5) is 17.4. The van der Waals surface area contributed by atoms with E-state index >= 15 is 0 Å². The number of hydrogen-bond donors (Lipinski definition) is 1. The van der Waals surface area contributed by atoms with Gasteiger partial charge in [0.1, 0.15) is 5.82 Å². The Balaban J connectivity index is 2.46. The summed E-state index contributed by atoms with van der Waals surface area (Å²) in [5.41, 5.74) is 0.880. The number of Topliss-reactive ketones (excluding diaryl/α,β-unsaturated/α-hetero) is 1. The topological polar surface area (TPSA) is 69.5 Å². The maximum atomic E-state index is 12.3. The Labute approximate surface area is 99.1 Å². The van der Waals surface area contributed by atoms with Crippen molar-refractivity contribution in [3.05, 3.63) is 30.1 Å². The molecule has 18 heavy (non-hydrogen) atoms. The number of rotatable bonds is 2. The van der Waals surface area contributed by atoms with Gasteiger partial charge in [-0.05, 0) is 12.1 Å². The van der Waals surface area contributed by atoms with Crippen molar-refractivity contribution < 1.29 is 18.0 Å². The highest BCUT2D eigenvalue weighted by molar-refractivity contribution is 5.93. The highest BCUT2D eigenvalue weighted by atomic mass is 19.4. The smallest absolute Gasteiger partial charge is 0.340 e. The summed E-state index contributed by atoms with van der Waals surface area (Å²) in [6, 6.07) is 7.81. The first-order valence-corrected chi connectivity index (χ1v) is 4.89. The number of aromatic amines is 1. The summed E-state index contributed by atoms with van der Waals surface area (Å²) in [5.74, 6) is -4.37. The Bertz CT molecular complexity index is 606. The number of hydrogen-bond acceptors (Lipinski definition) is 3. The van der Waals surface area contributed by atoms with Gasteiger partial charge in [-0.2, -0.15) is 18.4 Å². The first-order chi connectivity index (χ1) is 8.43. The SMILES string of the molecule is N#C[C@H](C(=O)C(F)(F)F)c1nc2ccccc2[nH]1. The van der Waals surface area contributed by atoms with Gasteiger partial charge in [0.05, 0.1) is 17.1 Å². The Morgan fingerprint density at radius 1 is 1.39 bits per heavy atom. The number of benzene rings is 1. The van der Waals surface area contributed by atoms with Crippen molar-refractivity contribution in [2.45, 2.75) is 12.1 Å². The Morgan fingerprint density at radius 2 is 2.06 bits per heavy atom. The number of aromatic nitrogens is 2. The van der Waals surface area contributed by atoms with Crippen LogP contribution in [0, 0.1) is 11.3 Å². The molecule has 0 saturated heterocycles. The molecule has 0 unspecified atom stereocenters. The van der Waals surface area contributed by atoms with Crippen LogP contribution in [0.3, 0.4) is 0 Å². The predicted molar refractivity (Wildman–Crippen MR) is 55.5 cm³/mol. The minimum atomic E-state index is -5.06. The number of carbonyl (C=O) groups excluding carboxylic acids is 1. The van der Waals surface area contributed by atoms with Gasteiger partial charge in [0.2, 0.25) is 0 Å². The number of alkyl halides is 3. The predicted octanol–water partition coefficient (Wildman–Crippen LogP) is 2.30. The van der Waals surface area contributed by atoms with Gasteiger partial charge in [-0.25, -0.2) is 4.98 Å². The monoisotopic (exact) mass is 253 g/mol. The molecule has 2 aromatic rings. The number of para-hydroxylation sites is 2. The summed E-state index contributed by atoms with van der Waals surface area (Å²) in [6.45, 7) is 0. The summed E-state index contributed by atoms with van der Waals surface area (Å²) < 4.78 is 36.9. The van der Waals surface area contributed by atoms with Gasteiger partial charge < -0.3 is 4.98 Å². The largest absolute Gasteiger partial charge is 0.451 e. The zero-order valence-electron chi connectivity index (χ0n) is 8.82. The number of carbonyl (C=O) groups is 1. The third-order valence-electron chi connectivity index (χ3n) is 2.35. The fourth-order valence-electron chi connectivity index (χ4n) is 1.52. The van der Waals surface area contributed by atoms with Gasteiger partial charge in [0.15, 0.2) is 5.92 Å². The van der Waals surface area contributed by atoms with E-state index in [-0.39, 0.29) is 5.82 Å². The average Bonchev–Trinajstić information content (AvgIpc) is 2.71. The maximum absolute atomic E-state index is 12.3. The molecule has 1 N–H and O–H groups in total. The van der Waals surface area contributed by atoms with E-state index in [0.29, 0.717) is 11.0 Å². The fraction of sp³-hybridized carbons (Fsp3) is 0.182. The van der Waals surface area contributed by atoms with Crippen molar-refractivity contribution in [2.75, 3.05) is 0 Å². The highest BCUT2D eigenvalue weighted by Crippen LogP contribution is 2.26. The Kier molecular flexibility index (Phi) is 2.79. The lowest BCUT2D eigenvalue weighted by molar-refractivity contribution is -0.171. The van der Waals surface area contributed by atoms with Crippen molar-refractivity contribution in [1.82, 2.24) is 9.97 Å². The van der Waals surface area contributed by atoms with Crippen LogP contribution in [-0.4, -0.2) is 21.9 Å². The van der Waals surface area contributed by atoms with Gasteiger partial charge in [-0.15, -0.1) is 0 Å². The number of nitrogens with zero attached hydrogens (tertiary/aromatic N) is 2. The lowest BCUT2D eigenvalue weighted by atomic mass is 10.1. The van der Waals surface area contributed by atoms with Crippen molar-refractivity contribution >= 4 is 16.8 Å². The van der Waals surface area contributed by atoms with E-state index in [0.717, 1.165) is 0 Å². The normalized spacial score (nSPS) is 13.2. The molecular formula is C11H6F3N3O. The number of fused-ring (bicyclic) bond motifs is 1. The Morgan fingerprint density at radius 3 is 2.61 bits per heavy atom. The van der Waals surface area contributed by atoms with Gasteiger partial charge >= 0.3 is 6.18 Å². The summed E-state index contributed by atoms with van der Waals surface area (Å²) >= 11 is 0. The van der Waals surface area contributed by atoms with Crippen LogP contribution in [0.25, 0.3) is 11.0 Å². The van der Waals surface area contributed by atoms with Gasteiger partial charge in [0, 0.05) is 0 Å². The quantitative estimate of drug-likeness (QED) is 0.892. The van der Waals surface area contributed by atoms with Gasteiger partial charge in [0.25, 0.3) is 5.78 Å². The molecule has 1 aromatic heterocycles. The number of H-pyrrole nitrogens is 1. The van der Waals surface area contributed by atoms with Crippen LogP contribution in [0.1, 0.15) is 11.7 Å². The molecule has 4 nitrogen and oxygen atoms in total. The van der Waals surface area contributed by atoms with Crippen molar-refractivity contribution in [2.24, 2.45) is 0 Å². The molecule has 0 fully saturated rings. The molecule has 7 heteroatoms. The second-order valence-corrected chi connectivity index (χ2v) is 3.56. The zero-order valence-corrected chi connectivity index (χ0v) is 8.82. The number of nitriles is 1. The maximum Gasteiger partial charge on any atom is 0.451 e. The summed E-state index contributed by atoms with van der Waals surface area (Å²) in [5, 5.41) is 8.71. The molecule has 0 bridgehead atoms. The highest BCUT2D eigenvalue weighted by Gasteiger charge is 2.45. The summed E-state index contributed by atoms with van der Waals surface area (Å²) in [7, 11) is 0. The minimum Gasteiger partial charge on any atom is -0.340 e. The fourth-order valence-corrected chi connectivity index (χ4v) is 1.52. The van der Waals surface area contributed by atoms with Crippen LogP contribution in [0.4, 0.5) is 13.2 Å². The third-order valence-corrected chi connectivity index (χ3v) is 2.35. The lowest BCUT2D eigenvalue weighted by Crippen LogP contribution is -2.29. The Hall–Kier alpha value is -2.36. The van der Waals surface area contributed by atoms with E-state index in [1.807, 2.05) is 0 Å². The van der Waals surface area contributed by atoms with Crippen LogP contribution in [0.15, 0.2) is 24.3 Å². The van der Waals surface area contributed by atoms with Crippen molar-refractivity contribution in [3.8, 4) is 6.07 Å². The second kappa shape index (κ2) is 4.14. The van der Waals surface area contributed by atoms with Crippen molar-refractivity contribution in [3.63, 3.8) is 0 Å². The molecule has 2 rings (SSSR count). The number of nitrogens with one attached hydrogen (secondary N) is 1. The standard InChI is InChI=1S/C11H6F3N3O/c12-11(13,14)9(18)6(5-15)10-16-7-3-1-2-4-8(7)17-10/h1-4,6H,(H,16,17)/t6-/m1/s1. The van der Waals surface area contributed by atoms with Crippen LogP contribution in [0.5, 0.6) is 0 Å². The molecule has 0 aliphatic rings. The third kappa shape index (κ3) is 2.05. The molecule has 0 spiro atoms. The summed E-state index contributed by atoms with van der Waals surface area (Å²) in [6.07, 6.45) is -5.06. The molecule has 0 aliphatic heterocycles. The molecule has 0 radical (unpaired) electrons. The molecular weight excluding hydrogens is 247 g/mol. The molecule has 92 valence electrons. The number of halogens is 3. The average molecular weight is 253 g/mol. The molecule has 0 saturated carbocycles. The first-order valence-electron chi connectivity index (χ1n) is 4.89. The van der Waals surface area contributed by atoms with Crippen LogP contribution in [-0.2, 0) is 4.79 Å². The van der Waals surface area contributed by atoms with Gasteiger partial charge in [-0.3, -0.25) is 4.79 Å². The number of imidazole rings is 1. The van der Waals surface area contributed by atoms with Crippen LogP contribution < -0.4 is 0 Å². The zero-order chi connectivity index (χ0) is 13.3. The lowest BCUT2D eigenvalue weighted by Gasteiger charge is -2.07. The molecule has 1 aromatic carbocycles. The molecule has 0 aliphatic carbocycles. The van der Waals surface area contributed by atoms with E-state index in [9.17, 15) is 18.0 Å². The van der Waals surface area contributed by atoms with E-state index in [4.69, 9.17) is 5.26 Å². The van der Waals surface area contributed by atoms with Crippen molar-refractivity contribution in [1.29, 1.82) is 5.26 Å². The van der Waals surface area contributed by atoms with E-state index in [1.165, 1.54) is 6.07 Å². The minimum absolute atomic E-state index is 0.291. The van der Waals surface area contributed by atoms with Crippen LogP contribution >= 0.6 is 0 Å². The number of ketones is 1. The van der Waals surface area contributed by atoms with Crippen LogP contribution in [0.2, 0.25) is 0 Å². The van der Waals surface area contributed by atoms with E-state index in [2.05, 4.69) is 9.97 Å². The van der Waals surface area contributed by atoms with E-state index in [1.54, 1.807) is 24.3 Å². The molecule has 0 amide bonds. The molecule has 1 atom stereocenters. The molecule has 1 heterocycles.